The SMILES string of the molecule is CCNC(=NCc1ccc(S(C)(=O)=O)cc1)N1CCN(c2ccccc2O)CC1. The Bertz CT molecular complexity index is 950. The molecule has 0 radical (unpaired) electrons. The number of benzene rings is 2. The number of hydrogen-bond acceptors (Lipinski definition) is 5. The molecule has 0 aliphatic carbocycles. The summed E-state index contributed by atoms with van der Waals surface area (Å²) in [5, 5.41) is 13.4. The van der Waals surface area contributed by atoms with Crippen LogP contribution in [-0.4, -0.2) is 63.4 Å². The molecule has 29 heavy (non-hydrogen) atoms. The summed E-state index contributed by atoms with van der Waals surface area (Å²) in [6.45, 7) is 6.47. The Hall–Kier alpha value is -2.74. The van der Waals surface area contributed by atoms with Gasteiger partial charge >= 0.3 is 0 Å². The predicted molar refractivity (Wildman–Crippen MR) is 116 cm³/mol. The highest BCUT2D eigenvalue weighted by molar-refractivity contribution is 7.90. The number of hydrogen-bond donors (Lipinski definition) is 2. The Morgan fingerprint density at radius 3 is 2.31 bits per heavy atom. The van der Waals surface area contributed by atoms with Crippen LogP contribution in [0.15, 0.2) is 58.4 Å². The Balaban J connectivity index is 1.65. The van der Waals surface area contributed by atoms with Crippen LogP contribution in [0.2, 0.25) is 0 Å². The van der Waals surface area contributed by atoms with E-state index in [4.69, 9.17) is 4.99 Å². The zero-order valence-electron chi connectivity index (χ0n) is 16.9. The summed E-state index contributed by atoms with van der Waals surface area (Å²) in [5.41, 5.74) is 1.82. The van der Waals surface area contributed by atoms with Gasteiger partial charge in [-0.2, -0.15) is 0 Å². The van der Waals surface area contributed by atoms with Gasteiger partial charge in [-0.3, -0.25) is 0 Å². The molecule has 8 heteroatoms. The smallest absolute Gasteiger partial charge is 0.194 e. The van der Waals surface area contributed by atoms with Gasteiger partial charge in [-0.15, -0.1) is 0 Å². The Morgan fingerprint density at radius 2 is 1.72 bits per heavy atom. The van der Waals surface area contributed by atoms with Gasteiger partial charge in [0.1, 0.15) is 5.75 Å². The number of nitrogens with zero attached hydrogens (tertiary/aromatic N) is 3. The first-order valence-corrected chi connectivity index (χ1v) is 11.6. The van der Waals surface area contributed by atoms with Crippen LogP contribution in [0.5, 0.6) is 5.75 Å². The van der Waals surface area contributed by atoms with Crippen molar-refractivity contribution in [3.05, 3.63) is 54.1 Å². The summed E-state index contributed by atoms with van der Waals surface area (Å²) in [4.78, 5) is 9.44. The van der Waals surface area contributed by atoms with Crippen LogP contribution in [0.3, 0.4) is 0 Å². The maximum absolute atomic E-state index is 11.6. The fourth-order valence-corrected chi connectivity index (χ4v) is 3.96. The molecule has 1 aliphatic heterocycles. The second kappa shape index (κ2) is 9.17. The van der Waals surface area contributed by atoms with Gasteiger partial charge in [-0.1, -0.05) is 24.3 Å². The van der Waals surface area contributed by atoms with Crippen LogP contribution in [0, 0.1) is 0 Å². The van der Waals surface area contributed by atoms with Gasteiger partial charge < -0.3 is 20.2 Å². The molecule has 2 aromatic carbocycles. The number of aromatic hydroxyl groups is 1. The summed E-state index contributed by atoms with van der Waals surface area (Å²) < 4.78 is 23.2. The van der Waals surface area contributed by atoms with Gasteiger partial charge in [0.25, 0.3) is 0 Å². The van der Waals surface area contributed by atoms with Gasteiger partial charge in [-0.25, -0.2) is 13.4 Å². The predicted octanol–water partition coefficient (Wildman–Crippen LogP) is 2.08. The number of sulfone groups is 1. The van der Waals surface area contributed by atoms with E-state index in [-0.39, 0.29) is 0 Å². The normalized spacial score (nSPS) is 15.4. The fraction of sp³-hybridized carbons (Fsp3) is 0.381. The Labute approximate surface area is 172 Å². The number of phenols is 1. The second-order valence-electron chi connectivity index (χ2n) is 7.05. The van der Waals surface area contributed by atoms with Crippen LogP contribution >= 0.6 is 0 Å². The second-order valence-corrected chi connectivity index (χ2v) is 9.06. The lowest BCUT2D eigenvalue weighted by Gasteiger charge is -2.37. The minimum atomic E-state index is -3.19. The van der Waals surface area contributed by atoms with Gasteiger partial charge in [-0.05, 0) is 36.8 Å². The maximum Gasteiger partial charge on any atom is 0.194 e. The summed E-state index contributed by atoms with van der Waals surface area (Å²) >= 11 is 0. The number of aliphatic imine (C=N–C) groups is 1. The molecular weight excluding hydrogens is 388 g/mol. The number of rotatable bonds is 5. The molecule has 0 saturated carbocycles. The van der Waals surface area contributed by atoms with E-state index < -0.39 is 9.84 Å². The molecule has 1 heterocycles. The Kier molecular flexibility index (Phi) is 6.64. The molecule has 2 aromatic rings. The lowest BCUT2D eigenvalue weighted by molar-refractivity contribution is 0.369. The third-order valence-electron chi connectivity index (χ3n) is 4.90. The lowest BCUT2D eigenvalue weighted by Crippen LogP contribution is -2.52. The molecule has 7 nitrogen and oxygen atoms in total. The largest absolute Gasteiger partial charge is 0.506 e. The fourth-order valence-electron chi connectivity index (χ4n) is 3.32. The van der Waals surface area contributed by atoms with E-state index in [1.54, 1.807) is 30.3 Å². The van der Waals surface area contributed by atoms with E-state index in [9.17, 15) is 13.5 Å². The van der Waals surface area contributed by atoms with E-state index >= 15 is 0 Å². The van der Waals surface area contributed by atoms with Crippen molar-refractivity contribution in [3.8, 4) is 5.75 Å². The summed E-state index contributed by atoms with van der Waals surface area (Å²) in [5.74, 6) is 1.15. The number of piperazine rings is 1. The highest BCUT2D eigenvalue weighted by atomic mass is 32.2. The molecule has 1 fully saturated rings. The molecule has 0 unspecified atom stereocenters. The topological polar surface area (TPSA) is 85.2 Å². The summed E-state index contributed by atoms with van der Waals surface area (Å²) in [6, 6.07) is 14.3. The van der Waals surface area contributed by atoms with Gasteiger partial charge in [0.2, 0.25) is 0 Å². The van der Waals surface area contributed by atoms with Gasteiger partial charge in [0.15, 0.2) is 15.8 Å². The molecule has 156 valence electrons. The Morgan fingerprint density at radius 1 is 1.07 bits per heavy atom. The average Bonchev–Trinajstić information content (AvgIpc) is 2.71. The molecule has 0 atom stereocenters. The molecule has 0 spiro atoms. The van der Waals surface area contributed by atoms with E-state index in [1.807, 2.05) is 25.1 Å². The van der Waals surface area contributed by atoms with Crippen molar-refractivity contribution in [2.24, 2.45) is 4.99 Å². The van der Waals surface area contributed by atoms with Crippen molar-refractivity contribution >= 4 is 21.5 Å². The highest BCUT2D eigenvalue weighted by Crippen LogP contribution is 2.27. The number of guanidine groups is 1. The maximum atomic E-state index is 11.6. The zero-order valence-corrected chi connectivity index (χ0v) is 17.7. The lowest BCUT2D eigenvalue weighted by atomic mass is 10.2. The number of phenolic OH excluding ortho intramolecular Hbond substituents is 1. The molecule has 0 bridgehead atoms. The molecule has 2 N–H and O–H groups in total. The van der Waals surface area contributed by atoms with Crippen LogP contribution in [-0.2, 0) is 16.4 Å². The van der Waals surface area contributed by atoms with Crippen molar-refractivity contribution in [2.45, 2.75) is 18.4 Å². The van der Waals surface area contributed by atoms with Crippen molar-refractivity contribution in [3.63, 3.8) is 0 Å². The number of para-hydroxylation sites is 2. The number of nitrogens with one attached hydrogen (secondary N) is 1. The van der Waals surface area contributed by atoms with Crippen molar-refractivity contribution in [1.29, 1.82) is 0 Å². The summed E-state index contributed by atoms with van der Waals surface area (Å²) in [6.07, 6.45) is 1.21. The number of anilines is 1. The van der Waals surface area contributed by atoms with Crippen LogP contribution < -0.4 is 10.2 Å². The van der Waals surface area contributed by atoms with E-state index in [2.05, 4.69) is 15.1 Å². The molecule has 0 aromatic heterocycles. The van der Waals surface area contributed by atoms with Crippen LogP contribution in [0.4, 0.5) is 5.69 Å². The average molecular weight is 417 g/mol. The van der Waals surface area contributed by atoms with Gasteiger partial charge in [0.05, 0.1) is 17.1 Å². The molecule has 1 aliphatic rings. The first-order chi connectivity index (χ1) is 13.9. The first-order valence-electron chi connectivity index (χ1n) is 9.73. The molecule has 3 rings (SSSR count). The third-order valence-corrected chi connectivity index (χ3v) is 6.03. The molecular formula is C21H28N4O3S. The minimum absolute atomic E-state index is 0.305. The van der Waals surface area contributed by atoms with Crippen LogP contribution in [0.25, 0.3) is 0 Å². The van der Waals surface area contributed by atoms with Crippen LogP contribution in [0.1, 0.15) is 12.5 Å². The third kappa shape index (κ3) is 5.41. The quantitative estimate of drug-likeness (QED) is 0.573. The van der Waals surface area contributed by atoms with Crippen molar-refractivity contribution < 1.29 is 13.5 Å². The zero-order chi connectivity index (χ0) is 20.9. The van der Waals surface area contributed by atoms with E-state index in [0.717, 1.165) is 49.9 Å². The van der Waals surface area contributed by atoms with Gasteiger partial charge in [0, 0.05) is 39.0 Å². The van der Waals surface area contributed by atoms with Crippen molar-refractivity contribution in [1.82, 2.24) is 10.2 Å². The van der Waals surface area contributed by atoms with Crippen molar-refractivity contribution in [2.75, 3.05) is 43.9 Å². The standard InChI is InChI=1S/C21H28N4O3S/c1-3-22-21(23-16-17-8-10-18(11-9-17)29(2,27)28)25-14-12-24(13-15-25)19-6-4-5-7-20(19)26/h4-11,26H,3,12-16H2,1-2H3,(H,22,23). The molecule has 1 saturated heterocycles. The molecule has 0 amide bonds. The van der Waals surface area contributed by atoms with E-state index in [0.29, 0.717) is 17.2 Å². The summed E-state index contributed by atoms with van der Waals surface area (Å²) in [7, 11) is -3.19. The minimum Gasteiger partial charge on any atom is -0.506 e. The highest BCUT2D eigenvalue weighted by Gasteiger charge is 2.21. The first kappa shape index (κ1) is 21.0. The monoisotopic (exact) mass is 416 g/mol. The van der Waals surface area contributed by atoms with E-state index in [1.165, 1.54) is 6.26 Å².